The van der Waals surface area contributed by atoms with Crippen LogP contribution >= 0.6 is 0 Å². The number of benzene rings is 5. The molecule has 85 heavy (non-hydrogen) atoms. The molecule has 0 saturated heterocycles. The molecule has 0 unspecified atom stereocenters. The summed E-state index contributed by atoms with van der Waals surface area (Å²) < 4.78 is 42.1. The lowest BCUT2D eigenvalue weighted by Crippen LogP contribution is -2.39. The van der Waals surface area contributed by atoms with Crippen molar-refractivity contribution in [1.82, 2.24) is 60.1 Å². The van der Waals surface area contributed by atoms with E-state index in [-0.39, 0.29) is 35.6 Å². The second-order valence-electron chi connectivity index (χ2n) is 20.1. The lowest BCUT2D eigenvalue weighted by molar-refractivity contribution is 0.494. The molecule has 20 heteroatoms. The van der Waals surface area contributed by atoms with Crippen molar-refractivity contribution < 1.29 is 17.6 Å². The number of halogens is 2. The highest BCUT2D eigenvalue weighted by molar-refractivity contribution is 5.85. The molecule has 0 fully saturated rings. The topological polar surface area (TPSA) is 238 Å². The minimum Gasteiger partial charge on any atom is -0.440 e. The van der Waals surface area contributed by atoms with Crippen LogP contribution in [0.5, 0.6) is 0 Å². The number of para-hydroxylation sites is 4. The molecule has 0 aliphatic carbocycles. The first-order valence-corrected chi connectivity index (χ1v) is 28.0. The normalized spacial score (nSPS) is 11.6. The van der Waals surface area contributed by atoms with Gasteiger partial charge in [-0.3, -0.25) is 19.6 Å². The Hall–Kier alpha value is -10.4. The van der Waals surface area contributed by atoms with Crippen molar-refractivity contribution in [2.45, 2.75) is 44.3 Å². The fourth-order valence-electron chi connectivity index (χ4n) is 10.6. The number of rotatable bonds is 22. The Morgan fingerprint density at radius 1 is 0.482 bits per heavy atom. The number of nitrogens with one attached hydrogen (secondary N) is 7. The van der Waals surface area contributed by atoms with E-state index in [1.165, 1.54) is 48.8 Å². The summed E-state index contributed by atoms with van der Waals surface area (Å²) in [6, 6.07) is 56.6. The summed E-state index contributed by atoms with van der Waals surface area (Å²) in [5.74, 6) is 2.75. The Balaban J connectivity index is 0.000000185. The number of H-pyrrole nitrogens is 3. The zero-order chi connectivity index (χ0) is 58.0. The number of anilines is 2. The summed E-state index contributed by atoms with van der Waals surface area (Å²) in [6.45, 7) is 2.83. The Bertz CT molecular complexity index is 4380. The number of oxazole rings is 2. The first-order chi connectivity index (χ1) is 41.8. The van der Waals surface area contributed by atoms with Crippen molar-refractivity contribution in [3.8, 4) is 0 Å². The third-order valence-corrected chi connectivity index (χ3v) is 14.5. The minimum absolute atomic E-state index is 0.0797. The van der Waals surface area contributed by atoms with Crippen LogP contribution in [0.3, 0.4) is 0 Å². The van der Waals surface area contributed by atoms with Crippen LogP contribution in [-0.4, -0.2) is 75.6 Å². The smallest absolute Gasteiger partial charge is 0.253 e. The maximum Gasteiger partial charge on any atom is 0.253 e. The summed E-state index contributed by atoms with van der Waals surface area (Å²) in [5, 5.41) is 13.0. The molecule has 7 N–H and O–H groups in total. The molecule has 8 aromatic heterocycles. The Morgan fingerprint density at radius 3 is 1.47 bits per heavy atom. The largest absolute Gasteiger partial charge is 0.440 e. The first kappa shape index (κ1) is 55.1. The van der Waals surface area contributed by atoms with Crippen molar-refractivity contribution in [2.24, 2.45) is 0 Å². The van der Waals surface area contributed by atoms with Gasteiger partial charge in [0, 0.05) is 76.4 Å². The molecular formula is C65H58F2N14O4. The maximum absolute atomic E-state index is 14.1. The monoisotopic (exact) mass is 1140 g/mol. The van der Waals surface area contributed by atoms with Crippen molar-refractivity contribution >= 4 is 55.9 Å². The number of imidazole rings is 2. The van der Waals surface area contributed by atoms with E-state index in [9.17, 15) is 18.4 Å². The van der Waals surface area contributed by atoms with Crippen molar-refractivity contribution in [1.29, 1.82) is 0 Å². The Labute approximate surface area is 484 Å². The van der Waals surface area contributed by atoms with Gasteiger partial charge in [-0.1, -0.05) is 115 Å². The number of aromatic nitrogens is 10. The molecule has 8 heterocycles. The highest BCUT2D eigenvalue weighted by Crippen LogP contribution is 2.44. The third-order valence-electron chi connectivity index (χ3n) is 14.5. The number of hydrogen-bond acceptors (Lipinski definition) is 14. The van der Waals surface area contributed by atoms with Crippen LogP contribution in [0.4, 0.5) is 20.4 Å². The summed E-state index contributed by atoms with van der Waals surface area (Å²) in [6.07, 6.45) is 5.51. The van der Waals surface area contributed by atoms with Gasteiger partial charge >= 0.3 is 0 Å². The highest BCUT2D eigenvalue weighted by Gasteiger charge is 2.41. The van der Waals surface area contributed by atoms with Crippen molar-refractivity contribution in [3.05, 3.63) is 272 Å². The molecule has 0 aliphatic rings. The van der Waals surface area contributed by atoms with E-state index >= 15 is 0 Å². The molecule has 0 spiro atoms. The van der Waals surface area contributed by atoms with E-state index in [0.717, 1.165) is 63.4 Å². The fourth-order valence-corrected chi connectivity index (χ4v) is 10.6. The average molecular weight is 1140 g/mol. The molecule has 0 bridgehead atoms. The minimum atomic E-state index is -0.696. The van der Waals surface area contributed by atoms with E-state index in [4.69, 9.17) is 13.8 Å². The van der Waals surface area contributed by atoms with E-state index in [2.05, 4.69) is 175 Å². The van der Waals surface area contributed by atoms with Gasteiger partial charge in [0.05, 0.1) is 46.5 Å². The van der Waals surface area contributed by atoms with E-state index in [1.807, 2.05) is 30.3 Å². The predicted octanol–water partition coefficient (Wildman–Crippen LogP) is 10.1. The number of hydrogen-bond donors (Lipinski definition) is 7. The molecule has 13 aromatic rings. The average Bonchev–Trinajstić information content (AvgIpc) is 3.84. The highest BCUT2D eigenvalue weighted by atomic mass is 19.1. The summed E-state index contributed by atoms with van der Waals surface area (Å²) in [7, 11) is 0. The molecule has 13 rings (SSSR count). The summed E-state index contributed by atoms with van der Waals surface area (Å²) >= 11 is 0. The number of aromatic amines is 3. The van der Waals surface area contributed by atoms with E-state index in [1.54, 1.807) is 0 Å². The van der Waals surface area contributed by atoms with Crippen molar-refractivity contribution in [2.75, 3.05) is 36.8 Å². The van der Waals surface area contributed by atoms with Gasteiger partial charge < -0.3 is 49.6 Å². The SMILES string of the molecule is O=c1cc2oc(CCNCCc3nc4ccccc4[nH]3)nc2c(NCc2ncccc2F)[nH]1.O=c1cc2oc(CCNCCc3nc4ccccc4n3C(c3ccccc3)(c3ccccc3)c3ccccc3)nc2c(NCc2ncccc2F)[nH]1. The second kappa shape index (κ2) is 25.4. The van der Waals surface area contributed by atoms with E-state index < -0.39 is 17.2 Å². The van der Waals surface area contributed by atoms with Crippen LogP contribution in [0.25, 0.3) is 44.3 Å². The zero-order valence-corrected chi connectivity index (χ0v) is 46.0. The van der Waals surface area contributed by atoms with Gasteiger partial charge in [0.1, 0.15) is 51.5 Å². The molecule has 18 nitrogen and oxygen atoms in total. The first-order valence-electron chi connectivity index (χ1n) is 28.0. The second-order valence-corrected chi connectivity index (χ2v) is 20.1. The zero-order valence-electron chi connectivity index (χ0n) is 46.0. The molecular weight excluding hydrogens is 1080 g/mol. The van der Waals surface area contributed by atoms with Gasteiger partial charge in [0.25, 0.3) is 11.1 Å². The van der Waals surface area contributed by atoms with Gasteiger partial charge in [-0.2, -0.15) is 0 Å². The Morgan fingerprint density at radius 2 is 0.953 bits per heavy atom. The third kappa shape index (κ3) is 12.2. The van der Waals surface area contributed by atoms with Gasteiger partial charge in [-0.25, -0.2) is 28.7 Å². The molecule has 0 atom stereocenters. The lowest BCUT2D eigenvalue weighted by Gasteiger charge is -2.39. The van der Waals surface area contributed by atoms with Gasteiger partial charge in [0.15, 0.2) is 22.9 Å². The molecule has 0 amide bonds. The summed E-state index contributed by atoms with van der Waals surface area (Å²) in [5.41, 5.74) is 8.17. The molecule has 0 aliphatic heterocycles. The van der Waals surface area contributed by atoms with E-state index in [0.29, 0.717) is 84.5 Å². The Kier molecular flexibility index (Phi) is 16.4. The van der Waals surface area contributed by atoms with Crippen LogP contribution in [0, 0.1) is 11.6 Å². The van der Waals surface area contributed by atoms with Crippen molar-refractivity contribution in [3.63, 3.8) is 0 Å². The van der Waals surface area contributed by atoms with Crippen LogP contribution < -0.4 is 32.4 Å². The molecule has 426 valence electrons. The van der Waals surface area contributed by atoms with Crippen LogP contribution in [0.1, 0.15) is 51.5 Å². The number of nitrogens with zero attached hydrogens (tertiary/aromatic N) is 7. The van der Waals surface area contributed by atoms with Crippen LogP contribution in [-0.2, 0) is 44.3 Å². The molecule has 0 saturated carbocycles. The van der Waals surface area contributed by atoms with Crippen LogP contribution in [0.2, 0.25) is 0 Å². The quantitative estimate of drug-likeness (QED) is 0.0247. The maximum atomic E-state index is 14.1. The lowest BCUT2D eigenvalue weighted by atomic mass is 9.76. The molecule has 5 aromatic carbocycles. The number of fused-ring (bicyclic) bond motifs is 4. The molecule has 0 radical (unpaired) electrons. The summed E-state index contributed by atoms with van der Waals surface area (Å²) in [4.78, 5) is 60.1. The fraction of sp³-hybridized carbons (Fsp3) is 0.169. The number of pyridine rings is 4. The predicted molar refractivity (Wildman–Crippen MR) is 323 cm³/mol. The van der Waals surface area contributed by atoms with Gasteiger partial charge in [-0.05, 0) is 65.2 Å². The van der Waals surface area contributed by atoms with Crippen LogP contribution in [0.15, 0.2) is 207 Å². The van der Waals surface area contributed by atoms with Gasteiger partial charge in [-0.15, -0.1) is 0 Å². The van der Waals surface area contributed by atoms with Gasteiger partial charge in [0.2, 0.25) is 0 Å². The standard InChI is InChI=1S/C42H36FN7O2.C23H22FN7O2/c43-32-19-12-24-45-34(32)28-46-41-40-36(27-38(51)48-41)52-39(49-40)23-26-44-25-22-37-47-33-20-10-11-21-35(33)50(37)42(29-13-4-1-5-14-29,30-15-6-2-7-16-30)31-17-8-3-9-18-31;24-14-4-3-9-26-17(14)13-27-23-22-18(12-20(32)30-23)33-21(31-22)8-11-25-10-7-19-28-15-5-1-2-6-16(15)29-19/h1-21,24,27,44H,22-23,25-26,28H2,(H2,46,48,51);1-6,9,12,25H,7-8,10-11,13H2,(H,28,29)(H2,27,30,32).